The normalized spacial score (nSPS) is 20.3. The van der Waals surface area contributed by atoms with E-state index in [9.17, 15) is 0 Å². The molecule has 4 heteroatoms. The number of hydrogen-bond acceptors (Lipinski definition) is 4. The summed E-state index contributed by atoms with van der Waals surface area (Å²) >= 11 is 0. The molecule has 4 nitrogen and oxygen atoms in total. The predicted molar refractivity (Wildman–Crippen MR) is 206 cm³/mol. The summed E-state index contributed by atoms with van der Waals surface area (Å²) in [6, 6.07) is 53.7. The van der Waals surface area contributed by atoms with Gasteiger partial charge in [-0.15, -0.1) is 0 Å². The zero-order chi connectivity index (χ0) is 33.5. The molecule has 0 radical (unpaired) electrons. The summed E-state index contributed by atoms with van der Waals surface area (Å²) in [6.07, 6.45) is 9.59. The van der Waals surface area contributed by atoms with Gasteiger partial charge in [0.25, 0.3) is 0 Å². The van der Waals surface area contributed by atoms with E-state index in [0.717, 1.165) is 51.6 Å². The van der Waals surface area contributed by atoms with Crippen molar-refractivity contribution in [1.29, 1.82) is 0 Å². The molecule has 0 fully saturated rings. The lowest BCUT2D eigenvalue weighted by atomic mass is 9.62. The van der Waals surface area contributed by atoms with Crippen LogP contribution in [0.5, 0.6) is 0 Å². The average molecular weight is 645 g/mol. The second-order valence-corrected chi connectivity index (χ2v) is 13.2. The van der Waals surface area contributed by atoms with Crippen molar-refractivity contribution < 1.29 is 0 Å². The van der Waals surface area contributed by atoms with Gasteiger partial charge in [0.05, 0.1) is 5.41 Å². The monoisotopic (exact) mass is 644 g/mol. The van der Waals surface area contributed by atoms with Gasteiger partial charge in [-0.3, -0.25) is 0 Å². The molecule has 0 amide bonds. The second kappa shape index (κ2) is 12.3. The fraction of sp³-hybridized carbons (Fsp3) is 0.0870. The van der Waals surface area contributed by atoms with Crippen LogP contribution < -0.4 is 11.1 Å². The number of rotatable bonds is 6. The molecule has 3 aliphatic rings. The van der Waals surface area contributed by atoms with E-state index in [2.05, 4.69) is 145 Å². The smallest absolute Gasteiger partial charge is 0.169 e. The van der Waals surface area contributed by atoms with Gasteiger partial charge in [0.1, 0.15) is 11.7 Å². The van der Waals surface area contributed by atoms with Crippen LogP contribution >= 0.6 is 0 Å². The molecule has 50 heavy (non-hydrogen) atoms. The first kappa shape index (κ1) is 29.8. The van der Waals surface area contributed by atoms with Gasteiger partial charge in [-0.2, -0.15) is 0 Å². The Bertz CT molecular complexity index is 2350. The number of allylic oxidation sites excluding steroid dienone is 4. The number of nitrogens with zero attached hydrogens (tertiary/aromatic N) is 2. The third-order valence-electron chi connectivity index (χ3n) is 10.3. The summed E-state index contributed by atoms with van der Waals surface area (Å²) in [5.74, 6) is 1.83. The molecule has 6 aromatic carbocycles. The van der Waals surface area contributed by atoms with Crippen LogP contribution in [0.15, 0.2) is 186 Å². The molecule has 0 spiro atoms. The van der Waals surface area contributed by atoms with Crippen molar-refractivity contribution in [3.8, 4) is 22.3 Å². The molecule has 0 bridgehead atoms. The Labute approximate surface area is 293 Å². The Hall–Kier alpha value is -6.26. The molecule has 2 aliphatic carbocycles. The maximum Gasteiger partial charge on any atom is 0.169 e. The summed E-state index contributed by atoms with van der Waals surface area (Å²) in [4.78, 5) is 10.6. The molecule has 240 valence electrons. The van der Waals surface area contributed by atoms with Crippen LogP contribution in [0.4, 0.5) is 5.69 Å². The van der Waals surface area contributed by atoms with Crippen molar-refractivity contribution in [2.45, 2.75) is 18.0 Å². The number of benzene rings is 6. The van der Waals surface area contributed by atoms with E-state index < -0.39 is 6.17 Å². The number of aliphatic imine (C=N–C) groups is 2. The highest BCUT2D eigenvalue weighted by molar-refractivity contribution is 6.16. The molecule has 1 aliphatic heterocycles. The molecule has 3 unspecified atom stereocenters. The minimum absolute atomic E-state index is 0.248. The third-order valence-corrected chi connectivity index (χ3v) is 10.3. The van der Waals surface area contributed by atoms with Crippen molar-refractivity contribution in [2.24, 2.45) is 15.9 Å². The lowest BCUT2D eigenvalue weighted by Crippen LogP contribution is -2.36. The molecule has 6 aromatic rings. The summed E-state index contributed by atoms with van der Waals surface area (Å²) in [5, 5.41) is 3.59. The Balaban J connectivity index is 1.22. The van der Waals surface area contributed by atoms with Crippen LogP contribution in [0, 0.1) is 5.92 Å². The van der Waals surface area contributed by atoms with Crippen molar-refractivity contribution in [3.63, 3.8) is 0 Å². The number of anilines is 1. The molecule has 9 rings (SSSR count). The standard InChI is InChI=1S/C46H36N4/c47-38-23-13-17-33(29-38)32-16-12-18-34(28-32)44-48-43(31-14-4-1-5-15-31)49-45(50-44)35-26-27-40-39-24-10-11-25-41(39)46(42(40)30-35,36-19-6-2-7-20-36)37-21-8-3-9-22-37/h1-21,23-30,37,45H,22,47H2,(H,48,49,50). The lowest BCUT2D eigenvalue weighted by molar-refractivity contribution is 0.457. The van der Waals surface area contributed by atoms with Crippen molar-refractivity contribution in [3.05, 3.63) is 209 Å². The summed E-state index contributed by atoms with van der Waals surface area (Å²) < 4.78 is 0. The van der Waals surface area contributed by atoms with Crippen molar-refractivity contribution >= 4 is 17.4 Å². The quantitative estimate of drug-likeness (QED) is 0.177. The molecule has 0 saturated heterocycles. The Morgan fingerprint density at radius 1 is 0.560 bits per heavy atom. The second-order valence-electron chi connectivity index (χ2n) is 13.2. The molecule has 3 atom stereocenters. The van der Waals surface area contributed by atoms with E-state index in [4.69, 9.17) is 15.7 Å². The largest absolute Gasteiger partial charge is 0.399 e. The first-order valence-electron chi connectivity index (χ1n) is 17.3. The van der Waals surface area contributed by atoms with Gasteiger partial charge in [0.2, 0.25) is 0 Å². The number of nitrogen functional groups attached to an aromatic ring is 1. The first-order valence-corrected chi connectivity index (χ1v) is 17.3. The van der Waals surface area contributed by atoms with Gasteiger partial charge in [-0.25, -0.2) is 9.98 Å². The zero-order valence-electron chi connectivity index (χ0n) is 27.6. The highest BCUT2D eigenvalue weighted by atomic mass is 15.2. The number of nitrogens with two attached hydrogens (primary N) is 1. The van der Waals surface area contributed by atoms with E-state index in [1.807, 2.05) is 36.4 Å². The predicted octanol–water partition coefficient (Wildman–Crippen LogP) is 9.88. The maximum absolute atomic E-state index is 6.15. The van der Waals surface area contributed by atoms with E-state index in [1.165, 1.54) is 27.8 Å². The zero-order valence-corrected chi connectivity index (χ0v) is 27.6. The molecular weight excluding hydrogens is 609 g/mol. The van der Waals surface area contributed by atoms with Gasteiger partial charge < -0.3 is 11.1 Å². The van der Waals surface area contributed by atoms with Gasteiger partial charge in [0, 0.05) is 16.8 Å². The highest BCUT2D eigenvalue weighted by Gasteiger charge is 2.49. The Kier molecular flexibility index (Phi) is 7.35. The minimum Gasteiger partial charge on any atom is -0.399 e. The van der Waals surface area contributed by atoms with Crippen LogP contribution in [0.3, 0.4) is 0 Å². The molecule has 0 saturated carbocycles. The molecule has 0 aromatic heterocycles. The third kappa shape index (κ3) is 5.00. The minimum atomic E-state index is -0.443. The van der Waals surface area contributed by atoms with Gasteiger partial charge in [0.15, 0.2) is 6.17 Å². The Morgan fingerprint density at radius 3 is 2.00 bits per heavy atom. The maximum atomic E-state index is 6.15. The van der Waals surface area contributed by atoms with Gasteiger partial charge >= 0.3 is 0 Å². The highest BCUT2D eigenvalue weighted by Crippen LogP contribution is 2.58. The van der Waals surface area contributed by atoms with E-state index >= 15 is 0 Å². The summed E-state index contributed by atoms with van der Waals surface area (Å²) in [6.45, 7) is 0. The van der Waals surface area contributed by atoms with E-state index in [0.29, 0.717) is 0 Å². The SMILES string of the molecule is Nc1cccc(-c2cccc(C3=NC(c4ccc5c(c4)C(c4ccccc4)(C4C=CC=CC4)c4ccccc4-5)N=C(c4ccccc4)N3)c2)c1. The number of amidine groups is 2. The van der Waals surface area contributed by atoms with Crippen LogP contribution in [0.1, 0.15) is 46.0 Å². The number of nitrogens with one attached hydrogen (secondary N) is 1. The number of fused-ring (bicyclic) bond motifs is 3. The molecular formula is C46H36N4. The van der Waals surface area contributed by atoms with Crippen molar-refractivity contribution in [2.75, 3.05) is 5.73 Å². The van der Waals surface area contributed by atoms with Crippen LogP contribution in [0.2, 0.25) is 0 Å². The van der Waals surface area contributed by atoms with Gasteiger partial charge in [-0.1, -0.05) is 152 Å². The van der Waals surface area contributed by atoms with Gasteiger partial charge in [-0.05, 0) is 81.1 Å². The van der Waals surface area contributed by atoms with Crippen LogP contribution in [0.25, 0.3) is 22.3 Å². The Morgan fingerprint density at radius 2 is 1.22 bits per heavy atom. The van der Waals surface area contributed by atoms with Crippen LogP contribution in [-0.2, 0) is 5.41 Å². The number of hydrogen-bond donors (Lipinski definition) is 2. The molecule has 3 N–H and O–H groups in total. The summed E-state index contributed by atoms with van der Waals surface area (Å²) in [5.41, 5.74) is 18.3. The molecule has 1 heterocycles. The topological polar surface area (TPSA) is 62.8 Å². The van der Waals surface area contributed by atoms with E-state index in [1.54, 1.807) is 0 Å². The van der Waals surface area contributed by atoms with Crippen molar-refractivity contribution in [1.82, 2.24) is 5.32 Å². The first-order chi connectivity index (χ1) is 24.7. The summed E-state index contributed by atoms with van der Waals surface area (Å²) in [7, 11) is 0. The lowest BCUT2D eigenvalue weighted by Gasteiger charge is -2.40. The fourth-order valence-electron chi connectivity index (χ4n) is 8.07. The van der Waals surface area contributed by atoms with Crippen LogP contribution in [-0.4, -0.2) is 11.7 Å². The van der Waals surface area contributed by atoms with E-state index in [-0.39, 0.29) is 11.3 Å². The average Bonchev–Trinajstić information content (AvgIpc) is 3.49. The fourth-order valence-corrected chi connectivity index (χ4v) is 8.07.